The number of aromatic nitrogens is 1. The number of hydrogen-bond donors (Lipinski definition) is 0. The lowest BCUT2D eigenvalue weighted by molar-refractivity contribution is 0.0540. The maximum Gasteiger partial charge on any atom is 0.166 e. The highest BCUT2D eigenvalue weighted by molar-refractivity contribution is 6.01. The number of carbonyl (C=O) groups is 1. The molecule has 1 aromatic heterocycles. The summed E-state index contributed by atoms with van der Waals surface area (Å²) in [5, 5.41) is 2.18. The molecule has 0 aliphatic heterocycles. The summed E-state index contributed by atoms with van der Waals surface area (Å²) < 4.78 is 0. The van der Waals surface area contributed by atoms with Crippen molar-refractivity contribution in [3.8, 4) is 0 Å². The number of pyridine rings is 1. The van der Waals surface area contributed by atoms with Gasteiger partial charge in [0.25, 0.3) is 0 Å². The van der Waals surface area contributed by atoms with Gasteiger partial charge in [0.15, 0.2) is 5.78 Å². The molecular weight excluding hydrogens is 258 g/mol. The van der Waals surface area contributed by atoms with Crippen LogP contribution in [0, 0.1) is 17.3 Å². The molecule has 3 rings (SSSR count). The van der Waals surface area contributed by atoms with Crippen molar-refractivity contribution in [3.63, 3.8) is 0 Å². The Hall–Kier alpha value is -1.70. The van der Waals surface area contributed by atoms with Crippen LogP contribution in [-0.2, 0) is 0 Å². The summed E-state index contributed by atoms with van der Waals surface area (Å²) in [4.78, 5) is 17.2. The second kappa shape index (κ2) is 5.25. The maximum absolute atomic E-state index is 13.1. The van der Waals surface area contributed by atoms with Crippen molar-refractivity contribution in [3.05, 3.63) is 42.2 Å². The molecule has 0 N–H and O–H groups in total. The second-order valence-corrected chi connectivity index (χ2v) is 7.14. The number of fused-ring (bicyclic) bond motifs is 1. The average molecular weight is 281 g/mol. The summed E-state index contributed by atoms with van der Waals surface area (Å²) >= 11 is 0. The lowest BCUT2D eigenvalue weighted by Gasteiger charge is -2.42. The van der Waals surface area contributed by atoms with Crippen LogP contribution >= 0.6 is 0 Å². The van der Waals surface area contributed by atoms with Crippen LogP contribution in [0.15, 0.2) is 36.7 Å². The Kier molecular flexibility index (Phi) is 3.56. The molecule has 2 nitrogen and oxygen atoms in total. The van der Waals surface area contributed by atoms with Gasteiger partial charge in [-0.1, -0.05) is 39.3 Å². The molecule has 110 valence electrons. The predicted octanol–water partition coefficient (Wildman–Crippen LogP) is 4.88. The van der Waals surface area contributed by atoms with Crippen LogP contribution in [0.25, 0.3) is 10.8 Å². The van der Waals surface area contributed by atoms with Gasteiger partial charge >= 0.3 is 0 Å². The van der Waals surface area contributed by atoms with E-state index >= 15 is 0 Å². The Morgan fingerprint density at radius 1 is 1.24 bits per heavy atom. The van der Waals surface area contributed by atoms with E-state index in [9.17, 15) is 4.79 Å². The van der Waals surface area contributed by atoms with Crippen molar-refractivity contribution in [2.24, 2.45) is 17.3 Å². The van der Waals surface area contributed by atoms with Crippen molar-refractivity contribution >= 4 is 16.6 Å². The van der Waals surface area contributed by atoms with Gasteiger partial charge in [-0.25, -0.2) is 0 Å². The number of carbonyl (C=O) groups excluding carboxylic acids is 1. The number of hydrogen-bond acceptors (Lipinski definition) is 2. The minimum absolute atomic E-state index is 0.0992. The summed E-state index contributed by atoms with van der Waals surface area (Å²) in [7, 11) is 0. The first-order valence-electron chi connectivity index (χ1n) is 7.87. The van der Waals surface area contributed by atoms with E-state index < -0.39 is 0 Å². The number of rotatable bonds is 2. The fourth-order valence-corrected chi connectivity index (χ4v) is 4.00. The standard InChI is InChI=1S/C19H23NO/c1-13-5-4-9-19(2,3)17(13)18(21)15-6-7-16-12-20-10-8-14(16)11-15/h6-8,10-13,17H,4-5,9H2,1-3H3/t13-,17+/m0/s1. The van der Waals surface area contributed by atoms with E-state index in [0.29, 0.717) is 11.7 Å². The Bertz CT molecular complexity index is 674. The Morgan fingerprint density at radius 3 is 2.81 bits per heavy atom. The van der Waals surface area contributed by atoms with E-state index in [1.807, 2.05) is 30.5 Å². The van der Waals surface area contributed by atoms with Gasteiger partial charge in [0.2, 0.25) is 0 Å². The normalized spacial score (nSPS) is 24.9. The van der Waals surface area contributed by atoms with E-state index in [4.69, 9.17) is 0 Å². The molecule has 0 saturated heterocycles. The van der Waals surface area contributed by atoms with Crippen LogP contribution in [0.3, 0.4) is 0 Å². The van der Waals surface area contributed by atoms with Gasteiger partial charge in [-0.15, -0.1) is 0 Å². The molecule has 1 aliphatic rings. The highest BCUT2D eigenvalue weighted by Crippen LogP contribution is 2.45. The van der Waals surface area contributed by atoms with Gasteiger partial charge < -0.3 is 0 Å². The van der Waals surface area contributed by atoms with Crippen LogP contribution in [-0.4, -0.2) is 10.8 Å². The van der Waals surface area contributed by atoms with Crippen LogP contribution < -0.4 is 0 Å². The number of ketones is 1. The molecule has 1 fully saturated rings. The van der Waals surface area contributed by atoms with E-state index in [1.54, 1.807) is 6.20 Å². The van der Waals surface area contributed by atoms with E-state index in [1.165, 1.54) is 6.42 Å². The largest absolute Gasteiger partial charge is 0.294 e. The predicted molar refractivity (Wildman–Crippen MR) is 86.4 cm³/mol. The fraction of sp³-hybridized carbons (Fsp3) is 0.474. The summed E-state index contributed by atoms with van der Waals surface area (Å²) in [6.07, 6.45) is 7.17. The molecular formula is C19H23NO. The Morgan fingerprint density at radius 2 is 2.05 bits per heavy atom. The smallest absolute Gasteiger partial charge is 0.166 e. The van der Waals surface area contributed by atoms with Gasteiger partial charge in [0.1, 0.15) is 0 Å². The lowest BCUT2D eigenvalue weighted by atomic mass is 9.62. The summed E-state index contributed by atoms with van der Waals surface area (Å²) in [6, 6.07) is 7.97. The van der Waals surface area contributed by atoms with Gasteiger partial charge in [-0.3, -0.25) is 9.78 Å². The molecule has 0 bridgehead atoms. The minimum atomic E-state index is 0.0992. The molecule has 2 aromatic rings. The third-order valence-corrected chi connectivity index (χ3v) is 5.10. The molecule has 1 aromatic carbocycles. The maximum atomic E-state index is 13.1. The van der Waals surface area contributed by atoms with Crippen molar-refractivity contribution < 1.29 is 4.79 Å². The van der Waals surface area contributed by atoms with Crippen LogP contribution in [0.4, 0.5) is 0 Å². The first-order chi connectivity index (χ1) is 9.99. The third-order valence-electron chi connectivity index (χ3n) is 5.10. The molecule has 1 saturated carbocycles. The third kappa shape index (κ3) is 2.59. The molecule has 0 radical (unpaired) electrons. The first-order valence-corrected chi connectivity index (χ1v) is 7.87. The van der Waals surface area contributed by atoms with Crippen LogP contribution in [0.2, 0.25) is 0 Å². The number of nitrogens with zero attached hydrogens (tertiary/aromatic N) is 1. The van der Waals surface area contributed by atoms with Crippen molar-refractivity contribution in [2.75, 3.05) is 0 Å². The zero-order valence-corrected chi connectivity index (χ0v) is 13.1. The lowest BCUT2D eigenvalue weighted by Crippen LogP contribution is -2.39. The quantitative estimate of drug-likeness (QED) is 0.734. The highest BCUT2D eigenvalue weighted by Gasteiger charge is 2.41. The zero-order valence-electron chi connectivity index (χ0n) is 13.1. The van der Waals surface area contributed by atoms with Crippen LogP contribution in [0.5, 0.6) is 0 Å². The van der Waals surface area contributed by atoms with Gasteiger partial charge in [-0.05, 0) is 41.7 Å². The molecule has 0 spiro atoms. The van der Waals surface area contributed by atoms with Gasteiger partial charge in [0.05, 0.1) is 0 Å². The molecule has 2 atom stereocenters. The molecule has 0 amide bonds. The second-order valence-electron chi connectivity index (χ2n) is 7.14. The summed E-state index contributed by atoms with van der Waals surface area (Å²) in [6.45, 7) is 6.72. The molecule has 2 heteroatoms. The van der Waals surface area contributed by atoms with E-state index in [2.05, 4.69) is 25.8 Å². The summed E-state index contributed by atoms with van der Waals surface area (Å²) in [5.41, 5.74) is 0.947. The monoisotopic (exact) mass is 281 g/mol. The van der Waals surface area contributed by atoms with Crippen molar-refractivity contribution in [1.29, 1.82) is 0 Å². The average Bonchev–Trinajstić information content (AvgIpc) is 2.45. The topological polar surface area (TPSA) is 30.0 Å². The first kappa shape index (κ1) is 14.2. The van der Waals surface area contributed by atoms with Crippen molar-refractivity contribution in [1.82, 2.24) is 4.98 Å². The molecule has 0 unspecified atom stereocenters. The molecule has 1 heterocycles. The van der Waals surface area contributed by atoms with E-state index in [0.717, 1.165) is 29.2 Å². The van der Waals surface area contributed by atoms with Gasteiger partial charge in [0, 0.05) is 29.3 Å². The SMILES string of the molecule is C[C@H]1CCCC(C)(C)[C@H]1C(=O)c1ccc2cnccc2c1. The number of Topliss-reactive ketones (excluding diaryl/α,β-unsaturated/α-hetero) is 1. The Balaban J connectivity index is 1.99. The zero-order chi connectivity index (χ0) is 15.0. The van der Waals surface area contributed by atoms with Gasteiger partial charge in [-0.2, -0.15) is 0 Å². The highest BCUT2D eigenvalue weighted by atomic mass is 16.1. The van der Waals surface area contributed by atoms with E-state index in [-0.39, 0.29) is 11.3 Å². The minimum Gasteiger partial charge on any atom is -0.294 e. The fourth-order valence-electron chi connectivity index (χ4n) is 4.00. The Labute approximate surface area is 126 Å². The molecule has 1 aliphatic carbocycles. The van der Waals surface area contributed by atoms with Crippen molar-refractivity contribution in [2.45, 2.75) is 40.0 Å². The number of benzene rings is 1. The molecule has 21 heavy (non-hydrogen) atoms. The summed E-state index contributed by atoms with van der Waals surface area (Å²) in [5.74, 6) is 0.908. The van der Waals surface area contributed by atoms with Crippen LogP contribution in [0.1, 0.15) is 50.4 Å².